The summed E-state index contributed by atoms with van der Waals surface area (Å²) < 4.78 is 0. The van der Waals surface area contributed by atoms with Crippen LogP contribution >= 0.6 is 11.3 Å². The van der Waals surface area contributed by atoms with Crippen molar-refractivity contribution in [3.8, 4) is 6.07 Å². The van der Waals surface area contributed by atoms with E-state index in [1.165, 1.54) is 11.3 Å². The van der Waals surface area contributed by atoms with Gasteiger partial charge in [0.15, 0.2) is 5.78 Å². The Morgan fingerprint density at radius 2 is 2.58 bits per heavy atom. The molecule has 0 spiro atoms. The number of hydrogen-bond donors (Lipinski definition) is 0. The zero-order chi connectivity index (χ0) is 8.97. The third kappa shape index (κ3) is 1.72. The van der Waals surface area contributed by atoms with Crippen molar-refractivity contribution in [1.29, 1.82) is 5.26 Å². The van der Waals surface area contributed by atoms with Gasteiger partial charge in [-0.05, 0) is 17.9 Å². The van der Waals surface area contributed by atoms with Gasteiger partial charge in [0.2, 0.25) is 0 Å². The largest absolute Gasteiger partial charge is 0.293 e. The predicted octanol–water partition coefficient (Wildman–Crippen LogP) is 2.48. The highest BCUT2D eigenvalue weighted by Gasteiger charge is 2.17. The minimum absolute atomic E-state index is 0.0544. The van der Waals surface area contributed by atoms with Crippen molar-refractivity contribution in [2.75, 3.05) is 0 Å². The van der Waals surface area contributed by atoms with E-state index in [2.05, 4.69) is 0 Å². The van der Waals surface area contributed by atoms with Crippen molar-refractivity contribution in [2.24, 2.45) is 5.92 Å². The van der Waals surface area contributed by atoms with Gasteiger partial charge in [0.05, 0.1) is 6.07 Å². The Hall–Kier alpha value is -1.14. The average molecular weight is 179 g/mol. The number of ketones is 1. The molecule has 12 heavy (non-hydrogen) atoms. The molecule has 0 radical (unpaired) electrons. The summed E-state index contributed by atoms with van der Waals surface area (Å²) in [6.45, 7) is 1.85. The van der Waals surface area contributed by atoms with Gasteiger partial charge in [0, 0.05) is 10.9 Å². The van der Waals surface area contributed by atoms with Crippen LogP contribution in [-0.4, -0.2) is 5.78 Å². The minimum atomic E-state index is -0.473. The van der Waals surface area contributed by atoms with Crippen LogP contribution in [0.15, 0.2) is 16.8 Å². The van der Waals surface area contributed by atoms with Crippen molar-refractivity contribution in [2.45, 2.75) is 13.3 Å². The maximum absolute atomic E-state index is 11.5. The lowest BCUT2D eigenvalue weighted by molar-refractivity contribution is 0.0947. The van der Waals surface area contributed by atoms with Crippen LogP contribution in [0.3, 0.4) is 0 Å². The number of nitriles is 1. The first kappa shape index (κ1) is 8.95. The van der Waals surface area contributed by atoms with E-state index in [4.69, 9.17) is 5.26 Å². The number of thiophene rings is 1. The van der Waals surface area contributed by atoms with Gasteiger partial charge in [0.25, 0.3) is 0 Å². The summed E-state index contributed by atoms with van der Waals surface area (Å²) in [5.74, 6) is -0.527. The standard InChI is InChI=1S/C9H9NOS/c1-2-7(5-10)9(11)8-3-4-12-6-8/h3-4,6-7H,2H2,1H3/t7-/m0/s1. The molecule has 2 nitrogen and oxygen atoms in total. The van der Waals surface area contributed by atoms with Crippen LogP contribution < -0.4 is 0 Å². The van der Waals surface area contributed by atoms with Gasteiger partial charge in [-0.2, -0.15) is 16.6 Å². The van der Waals surface area contributed by atoms with Gasteiger partial charge in [-0.3, -0.25) is 4.79 Å². The summed E-state index contributed by atoms with van der Waals surface area (Å²) in [5, 5.41) is 12.3. The fraction of sp³-hybridized carbons (Fsp3) is 0.333. The van der Waals surface area contributed by atoms with Crippen molar-refractivity contribution in [1.82, 2.24) is 0 Å². The molecule has 0 aliphatic carbocycles. The number of carbonyl (C=O) groups is 1. The van der Waals surface area contributed by atoms with E-state index in [-0.39, 0.29) is 5.78 Å². The van der Waals surface area contributed by atoms with E-state index in [1.54, 1.807) is 11.4 Å². The maximum atomic E-state index is 11.5. The fourth-order valence-electron chi connectivity index (χ4n) is 0.941. The van der Waals surface area contributed by atoms with Gasteiger partial charge < -0.3 is 0 Å². The molecule has 0 bridgehead atoms. The molecule has 0 N–H and O–H groups in total. The number of rotatable bonds is 3. The Morgan fingerprint density at radius 3 is 3.00 bits per heavy atom. The van der Waals surface area contributed by atoms with Gasteiger partial charge in [-0.1, -0.05) is 6.92 Å². The summed E-state index contributed by atoms with van der Waals surface area (Å²) in [6, 6.07) is 3.75. The fourth-order valence-corrected chi connectivity index (χ4v) is 1.59. The van der Waals surface area contributed by atoms with E-state index in [0.29, 0.717) is 12.0 Å². The molecule has 0 saturated carbocycles. The second-order valence-electron chi connectivity index (χ2n) is 2.47. The van der Waals surface area contributed by atoms with E-state index >= 15 is 0 Å². The summed E-state index contributed by atoms with van der Waals surface area (Å²) in [6.07, 6.45) is 0.588. The van der Waals surface area contributed by atoms with Crippen molar-refractivity contribution < 1.29 is 4.79 Å². The van der Waals surface area contributed by atoms with Gasteiger partial charge in [-0.25, -0.2) is 0 Å². The number of hydrogen-bond acceptors (Lipinski definition) is 3. The van der Waals surface area contributed by atoms with Crippen LogP contribution in [0.5, 0.6) is 0 Å². The summed E-state index contributed by atoms with van der Waals surface area (Å²) in [5.41, 5.74) is 0.661. The zero-order valence-corrected chi connectivity index (χ0v) is 7.60. The number of nitrogens with zero attached hydrogens (tertiary/aromatic N) is 1. The van der Waals surface area contributed by atoms with Crippen LogP contribution in [0, 0.1) is 17.2 Å². The second kappa shape index (κ2) is 4.03. The first-order valence-electron chi connectivity index (χ1n) is 3.75. The molecule has 62 valence electrons. The summed E-state index contributed by atoms with van der Waals surface area (Å²) >= 11 is 1.48. The van der Waals surface area contributed by atoms with Crippen LogP contribution in [0.2, 0.25) is 0 Å². The lowest BCUT2D eigenvalue weighted by atomic mass is 9.99. The maximum Gasteiger partial charge on any atom is 0.180 e. The Bertz CT molecular complexity index is 297. The van der Waals surface area contributed by atoms with E-state index < -0.39 is 5.92 Å². The lowest BCUT2D eigenvalue weighted by Gasteiger charge is -2.01. The van der Waals surface area contributed by atoms with Crippen molar-refractivity contribution in [3.05, 3.63) is 22.4 Å². The Labute approximate surface area is 75.5 Å². The summed E-state index contributed by atoms with van der Waals surface area (Å²) in [7, 11) is 0. The predicted molar refractivity (Wildman–Crippen MR) is 48.0 cm³/mol. The Morgan fingerprint density at radius 1 is 1.83 bits per heavy atom. The lowest BCUT2D eigenvalue weighted by Crippen LogP contribution is -2.10. The Balaban J connectivity index is 2.79. The SMILES string of the molecule is CC[C@@H](C#N)C(=O)c1ccsc1. The molecular weight excluding hydrogens is 170 g/mol. The van der Waals surface area contributed by atoms with Crippen LogP contribution in [0.4, 0.5) is 0 Å². The van der Waals surface area contributed by atoms with E-state index in [1.807, 2.05) is 18.4 Å². The molecule has 1 aromatic heterocycles. The molecule has 0 aliphatic heterocycles. The molecule has 0 unspecified atom stereocenters. The first-order valence-corrected chi connectivity index (χ1v) is 4.70. The molecule has 0 amide bonds. The van der Waals surface area contributed by atoms with Gasteiger partial charge >= 0.3 is 0 Å². The van der Waals surface area contributed by atoms with Crippen LogP contribution in [-0.2, 0) is 0 Å². The zero-order valence-electron chi connectivity index (χ0n) is 6.78. The second-order valence-corrected chi connectivity index (χ2v) is 3.25. The molecular formula is C9H9NOS. The molecule has 1 aromatic rings. The highest BCUT2D eigenvalue weighted by atomic mass is 32.1. The molecule has 0 fully saturated rings. The monoisotopic (exact) mass is 179 g/mol. The third-order valence-electron chi connectivity index (χ3n) is 1.69. The minimum Gasteiger partial charge on any atom is -0.293 e. The van der Waals surface area contributed by atoms with Gasteiger partial charge in [0.1, 0.15) is 5.92 Å². The van der Waals surface area contributed by atoms with Crippen LogP contribution in [0.25, 0.3) is 0 Å². The Kier molecular flexibility index (Phi) is 3.01. The highest BCUT2D eigenvalue weighted by Crippen LogP contribution is 2.14. The van der Waals surface area contributed by atoms with Crippen LogP contribution in [0.1, 0.15) is 23.7 Å². The number of Topliss-reactive ketones (excluding diaryl/α,β-unsaturated/α-hetero) is 1. The molecule has 0 saturated heterocycles. The third-order valence-corrected chi connectivity index (χ3v) is 2.37. The van der Waals surface area contributed by atoms with Crippen molar-refractivity contribution >= 4 is 17.1 Å². The molecule has 0 aromatic carbocycles. The topological polar surface area (TPSA) is 40.9 Å². The summed E-state index contributed by atoms with van der Waals surface area (Å²) in [4.78, 5) is 11.5. The molecule has 1 atom stereocenters. The first-order chi connectivity index (χ1) is 5.79. The molecule has 3 heteroatoms. The smallest absolute Gasteiger partial charge is 0.180 e. The normalized spacial score (nSPS) is 12.0. The van der Waals surface area contributed by atoms with E-state index in [9.17, 15) is 4.79 Å². The molecule has 1 rings (SSSR count). The number of carbonyl (C=O) groups excluding carboxylic acids is 1. The average Bonchev–Trinajstić information content (AvgIpc) is 2.58. The van der Waals surface area contributed by atoms with Gasteiger partial charge in [-0.15, -0.1) is 0 Å². The molecule has 0 aliphatic rings. The molecule has 1 heterocycles. The van der Waals surface area contributed by atoms with Crippen molar-refractivity contribution in [3.63, 3.8) is 0 Å². The van der Waals surface area contributed by atoms with E-state index in [0.717, 1.165) is 0 Å². The highest BCUT2D eigenvalue weighted by molar-refractivity contribution is 7.08. The quantitative estimate of drug-likeness (QED) is 0.669.